The number of benzene rings is 4. The minimum absolute atomic E-state index is 0.107. The summed E-state index contributed by atoms with van der Waals surface area (Å²) in [5, 5.41) is 0. The first-order valence-corrected chi connectivity index (χ1v) is 14.5. The van der Waals surface area contributed by atoms with Crippen LogP contribution < -0.4 is 4.74 Å². The molecule has 0 N–H and O–H groups in total. The second kappa shape index (κ2) is 12.2. The quantitative estimate of drug-likeness (QED) is 0.114. The van der Waals surface area contributed by atoms with Gasteiger partial charge in [0.05, 0.1) is 0 Å². The fraction of sp³-hybridized carbons (Fsp3) is 0.200. The normalized spacial score (nSPS) is 13.6. The first kappa shape index (κ1) is 35.2. The minimum Gasteiger partial charge on any atom is -0.457 e. The monoisotopic (exact) mass is 874 g/mol. The largest absolute Gasteiger partial charge is 0.457 e. The van der Waals surface area contributed by atoms with Gasteiger partial charge in [0.15, 0.2) is 0 Å². The van der Waals surface area contributed by atoms with Gasteiger partial charge in [-0.2, -0.15) is 52.7 Å². The molecule has 0 aliphatic heterocycles. The van der Waals surface area contributed by atoms with Crippen LogP contribution in [-0.4, -0.2) is 11.8 Å². The highest BCUT2D eigenvalue weighted by Crippen LogP contribution is 2.57. The van der Waals surface area contributed by atoms with Gasteiger partial charge in [-0.25, -0.2) is 0 Å². The van der Waals surface area contributed by atoms with Gasteiger partial charge in [0.25, 0.3) is 0 Å². The molecule has 0 fully saturated rings. The van der Waals surface area contributed by atoms with E-state index in [0.717, 1.165) is 12.1 Å². The van der Waals surface area contributed by atoms with Gasteiger partial charge in [0.1, 0.15) is 11.5 Å². The van der Waals surface area contributed by atoms with E-state index in [-0.39, 0.29) is 18.6 Å². The van der Waals surface area contributed by atoms with Gasteiger partial charge in [0, 0.05) is 29.4 Å². The summed E-state index contributed by atoms with van der Waals surface area (Å²) in [6.45, 7) is 0. The Morgan fingerprint density at radius 3 is 0.956 bits per heavy atom. The number of halogens is 14. The summed E-state index contributed by atoms with van der Waals surface area (Å²) in [7, 11) is 0. The Morgan fingerprint density at radius 2 is 0.667 bits per heavy atom. The average molecular weight is 874 g/mol. The van der Waals surface area contributed by atoms with Gasteiger partial charge in [-0.1, -0.05) is 24.3 Å². The fourth-order valence-electron chi connectivity index (χ4n) is 4.09. The summed E-state index contributed by atoms with van der Waals surface area (Å²) < 4.78 is 182. The SMILES string of the molecule is FC(F)(c1ccc(Oc2ccc(C(F)(F)C(F)(F)C(F)(F)c3cccc(I)c3)cc2)cc1)C(F)(F)C(F)(F)c1cccc(I)c1. The molecule has 45 heavy (non-hydrogen) atoms. The molecule has 1 nitrogen and oxygen atoms in total. The lowest BCUT2D eigenvalue weighted by Gasteiger charge is -2.33. The topological polar surface area (TPSA) is 9.23 Å². The van der Waals surface area contributed by atoms with Gasteiger partial charge in [-0.15, -0.1) is 0 Å². The molecule has 0 saturated heterocycles. The van der Waals surface area contributed by atoms with Crippen molar-refractivity contribution in [3.8, 4) is 11.5 Å². The standard InChI is InChI=1S/C30H16F12I2O/c31-25(32,29(39,40)27(35,36)19-3-1-5-21(43)15-19)17-7-11-23(12-8-17)45-24-13-9-18(10-14-24)26(33,34)30(41,42)28(37,38)20-4-2-6-22(44)16-20/h1-16H. The molecule has 0 amide bonds. The molecule has 0 heterocycles. The molecule has 4 rings (SSSR count). The maximum atomic E-state index is 14.8. The van der Waals surface area contributed by atoms with E-state index in [9.17, 15) is 52.7 Å². The molecular formula is C30H16F12I2O. The Bertz CT molecular complexity index is 1530. The summed E-state index contributed by atoms with van der Waals surface area (Å²) in [6.07, 6.45) is 0. The highest BCUT2D eigenvalue weighted by Gasteiger charge is 2.73. The third-order valence-corrected chi connectivity index (χ3v) is 7.96. The summed E-state index contributed by atoms with van der Waals surface area (Å²) in [4.78, 5) is 0. The van der Waals surface area contributed by atoms with Crippen molar-refractivity contribution >= 4 is 45.2 Å². The summed E-state index contributed by atoms with van der Waals surface area (Å²) >= 11 is 3.11. The van der Waals surface area contributed by atoms with Crippen molar-refractivity contribution in [2.45, 2.75) is 35.5 Å². The predicted octanol–water partition coefficient (Wildman–Crippen LogP) is 11.7. The lowest BCUT2D eigenvalue weighted by molar-refractivity contribution is -0.321. The molecule has 0 aliphatic rings. The molecule has 0 saturated carbocycles. The maximum Gasteiger partial charge on any atom is 0.380 e. The van der Waals surface area contributed by atoms with Crippen LogP contribution in [0.5, 0.6) is 11.5 Å². The van der Waals surface area contributed by atoms with Crippen LogP contribution in [0.3, 0.4) is 0 Å². The molecule has 0 aromatic heterocycles. The zero-order valence-electron chi connectivity index (χ0n) is 21.9. The molecule has 0 atom stereocenters. The van der Waals surface area contributed by atoms with Crippen LogP contribution in [0.2, 0.25) is 0 Å². The smallest absolute Gasteiger partial charge is 0.380 e. The Morgan fingerprint density at radius 1 is 0.378 bits per heavy atom. The van der Waals surface area contributed by atoms with Crippen molar-refractivity contribution in [2.24, 2.45) is 0 Å². The number of ether oxygens (including phenoxy) is 1. The van der Waals surface area contributed by atoms with E-state index in [2.05, 4.69) is 0 Å². The van der Waals surface area contributed by atoms with Crippen molar-refractivity contribution in [2.75, 3.05) is 0 Å². The van der Waals surface area contributed by atoms with Crippen LogP contribution in [0.4, 0.5) is 52.7 Å². The van der Waals surface area contributed by atoms with Crippen molar-refractivity contribution in [1.82, 2.24) is 0 Å². The van der Waals surface area contributed by atoms with E-state index in [1.54, 1.807) is 45.2 Å². The molecule has 0 radical (unpaired) electrons. The highest BCUT2D eigenvalue weighted by atomic mass is 127. The maximum absolute atomic E-state index is 14.8. The second-order valence-electron chi connectivity index (χ2n) is 9.62. The summed E-state index contributed by atoms with van der Waals surface area (Å²) in [5.74, 6) is -33.8. The van der Waals surface area contributed by atoms with Crippen molar-refractivity contribution < 1.29 is 57.4 Å². The van der Waals surface area contributed by atoms with E-state index < -0.39 is 57.8 Å². The Balaban J connectivity index is 1.53. The molecule has 0 unspecified atom stereocenters. The van der Waals surface area contributed by atoms with Gasteiger partial charge < -0.3 is 4.74 Å². The van der Waals surface area contributed by atoms with E-state index >= 15 is 0 Å². The minimum atomic E-state index is -5.88. The van der Waals surface area contributed by atoms with Gasteiger partial charge in [-0.05, 0) is 118 Å². The molecule has 0 bridgehead atoms. The van der Waals surface area contributed by atoms with Crippen LogP contribution in [0.25, 0.3) is 0 Å². The molecule has 240 valence electrons. The van der Waals surface area contributed by atoms with Crippen LogP contribution in [0, 0.1) is 7.14 Å². The third-order valence-electron chi connectivity index (χ3n) is 6.62. The van der Waals surface area contributed by atoms with E-state index in [1.807, 2.05) is 0 Å². The predicted molar refractivity (Wildman–Crippen MR) is 157 cm³/mol. The van der Waals surface area contributed by atoms with Crippen molar-refractivity contribution in [1.29, 1.82) is 0 Å². The molecule has 4 aromatic rings. The number of hydrogen-bond acceptors (Lipinski definition) is 1. The van der Waals surface area contributed by atoms with E-state index in [1.165, 1.54) is 12.1 Å². The van der Waals surface area contributed by atoms with Gasteiger partial charge in [0.2, 0.25) is 0 Å². The Kier molecular flexibility index (Phi) is 9.49. The van der Waals surface area contributed by atoms with Crippen LogP contribution in [0.1, 0.15) is 22.3 Å². The molecule has 0 spiro atoms. The Hall–Kier alpha value is -2.70. The zero-order valence-corrected chi connectivity index (χ0v) is 26.3. The van der Waals surface area contributed by atoms with Crippen molar-refractivity contribution in [3.05, 3.63) is 126 Å². The third kappa shape index (κ3) is 6.22. The summed E-state index contributed by atoms with van der Waals surface area (Å²) in [6, 6.07) is 11.4. The lowest BCUT2D eigenvalue weighted by atomic mass is 9.92. The van der Waals surface area contributed by atoms with E-state index in [0.29, 0.717) is 72.8 Å². The second-order valence-corrected chi connectivity index (χ2v) is 12.1. The van der Waals surface area contributed by atoms with Crippen LogP contribution in [-0.2, 0) is 23.7 Å². The van der Waals surface area contributed by atoms with Gasteiger partial charge in [-0.3, -0.25) is 0 Å². The molecule has 4 aromatic carbocycles. The average Bonchev–Trinajstić information content (AvgIpc) is 2.97. The number of rotatable bonds is 10. The van der Waals surface area contributed by atoms with E-state index in [4.69, 9.17) is 4.74 Å². The number of hydrogen-bond donors (Lipinski definition) is 0. The van der Waals surface area contributed by atoms with Crippen LogP contribution in [0.15, 0.2) is 97.1 Å². The number of alkyl halides is 12. The molecule has 15 heteroatoms. The highest BCUT2D eigenvalue weighted by molar-refractivity contribution is 14.1. The lowest BCUT2D eigenvalue weighted by Crippen LogP contribution is -2.50. The molecular weight excluding hydrogens is 858 g/mol. The van der Waals surface area contributed by atoms with Crippen LogP contribution >= 0.6 is 45.2 Å². The zero-order chi connectivity index (χ0) is 33.6. The Labute approximate surface area is 274 Å². The fourth-order valence-corrected chi connectivity index (χ4v) is 5.17. The first-order valence-electron chi connectivity index (χ1n) is 12.3. The van der Waals surface area contributed by atoms with Gasteiger partial charge >= 0.3 is 35.5 Å². The summed E-state index contributed by atoms with van der Waals surface area (Å²) in [5.41, 5.74) is -5.67. The molecule has 0 aliphatic carbocycles. The van der Waals surface area contributed by atoms with Crippen molar-refractivity contribution in [3.63, 3.8) is 0 Å². The first-order chi connectivity index (χ1) is 20.7.